The lowest BCUT2D eigenvalue weighted by atomic mass is 9.76. The summed E-state index contributed by atoms with van der Waals surface area (Å²) >= 11 is 0. The van der Waals surface area contributed by atoms with Gasteiger partial charge in [0.15, 0.2) is 0 Å². The smallest absolute Gasteiger partial charge is 0.000813 e. The zero-order chi connectivity index (χ0) is 8.60. The molecule has 1 saturated carbocycles. The van der Waals surface area contributed by atoms with E-state index in [2.05, 4.69) is 19.2 Å². The van der Waals surface area contributed by atoms with Gasteiger partial charge < -0.3 is 5.32 Å². The number of hydrogen-bond acceptors (Lipinski definition) is 1. The minimum atomic E-state index is 0.705. The average molecular weight is 167 g/mol. The molecule has 2 aliphatic rings. The molecule has 0 spiro atoms. The number of nitrogens with one attached hydrogen (secondary N) is 1. The van der Waals surface area contributed by atoms with E-state index in [9.17, 15) is 0 Å². The van der Waals surface area contributed by atoms with Crippen LogP contribution < -0.4 is 5.32 Å². The van der Waals surface area contributed by atoms with Crippen LogP contribution in [0.15, 0.2) is 0 Å². The fraction of sp³-hybridized carbons (Fsp3) is 1.00. The second-order valence-electron chi connectivity index (χ2n) is 5.34. The second kappa shape index (κ2) is 3.02. The molecule has 0 radical (unpaired) electrons. The largest absolute Gasteiger partial charge is 0.316 e. The molecule has 2 bridgehead atoms. The highest BCUT2D eigenvalue weighted by Gasteiger charge is 2.41. The van der Waals surface area contributed by atoms with Gasteiger partial charge in [-0.1, -0.05) is 13.8 Å². The van der Waals surface area contributed by atoms with Crippen LogP contribution in [0.25, 0.3) is 0 Å². The molecule has 1 nitrogen and oxygen atoms in total. The van der Waals surface area contributed by atoms with E-state index >= 15 is 0 Å². The first-order valence-corrected chi connectivity index (χ1v) is 5.41. The van der Waals surface area contributed by atoms with Gasteiger partial charge in [0.2, 0.25) is 0 Å². The topological polar surface area (TPSA) is 12.0 Å². The Hall–Kier alpha value is -0.0400. The third-order valence-corrected chi connectivity index (χ3v) is 3.58. The molecule has 2 atom stereocenters. The van der Waals surface area contributed by atoms with Crippen LogP contribution in [-0.4, -0.2) is 13.1 Å². The zero-order valence-electron chi connectivity index (χ0n) is 8.40. The molecule has 0 aromatic carbocycles. The molecule has 2 rings (SSSR count). The van der Waals surface area contributed by atoms with Crippen molar-refractivity contribution in [1.29, 1.82) is 0 Å². The van der Waals surface area contributed by atoms with Crippen LogP contribution in [0.2, 0.25) is 0 Å². The molecule has 1 aliphatic heterocycles. The van der Waals surface area contributed by atoms with E-state index in [-0.39, 0.29) is 0 Å². The summed E-state index contributed by atoms with van der Waals surface area (Å²) in [6.07, 6.45) is 5.93. The van der Waals surface area contributed by atoms with Crippen molar-refractivity contribution in [1.82, 2.24) is 5.32 Å². The van der Waals surface area contributed by atoms with Gasteiger partial charge in [0.25, 0.3) is 0 Å². The third-order valence-electron chi connectivity index (χ3n) is 3.58. The molecule has 12 heavy (non-hydrogen) atoms. The van der Waals surface area contributed by atoms with Crippen LogP contribution in [0.5, 0.6) is 0 Å². The first kappa shape index (κ1) is 8.55. The lowest BCUT2D eigenvalue weighted by molar-refractivity contribution is 0.188. The molecule has 0 amide bonds. The molecule has 1 heteroatoms. The maximum Gasteiger partial charge on any atom is 0.000813 e. The minimum Gasteiger partial charge on any atom is -0.316 e. The van der Waals surface area contributed by atoms with Crippen molar-refractivity contribution < 1.29 is 0 Å². The number of hydrogen-bond donors (Lipinski definition) is 1. The van der Waals surface area contributed by atoms with Crippen LogP contribution in [0, 0.1) is 17.3 Å². The van der Waals surface area contributed by atoms with E-state index in [4.69, 9.17) is 0 Å². The third kappa shape index (κ3) is 1.52. The summed E-state index contributed by atoms with van der Waals surface area (Å²) in [5, 5.41) is 3.59. The summed E-state index contributed by atoms with van der Waals surface area (Å²) in [6.45, 7) is 7.30. The van der Waals surface area contributed by atoms with E-state index in [0.717, 1.165) is 11.8 Å². The summed E-state index contributed by atoms with van der Waals surface area (Å²) in [4.78, 5) is 0. The highest BCUT2D eigenvalue weighted by molar-refractivity contribution is 4.95. The van der Waals surface area contributed by atoms with Crippen molar-refractivity contribution in [3.8, 4) is 0 Å². The predicted octanol–water partition coefficient (Wildman–Crippen LogP) is 2.42. The molecular formula is C11H21N. The molecule has 1 saturated heterocycles. The summed E-state index contributed by atoms with van der Waals surface area (Å²) < 4.78 is 0. The van der Waals surface area contributed by atoms with Crippen LogP contribution >= 0.6 is 0 Å². The molecule has 70 valence electrons. The monoisotopic (exact) mass is 167 g/mol. The summed E-state index contributed by atoms with van der Waals surface area (Å²) in [6, 6.07) is 0. The standard InChI is InChI=1S/C11H21N/c1-9(2)5-11-4-3-10(6-11)7-12-8-11/h9-10,12H,3-8H2,1-2H3. The van der Waals surface area contributed by atoms with Crippen molar-refractivity contribution in [2.75, 3.05) is 13.1 Å². The van der Waals surface area contributed by atoms with Crippen molar-refractivity contribution in [2.45, 2.75) is 39.5 Å². The predicted molar refractivity (Wildman–Crippen MR) is 52.1 cm³/mol. The van der Waals surface area contributed by atoms with Crippen molar-refractivity contribution >= 4 is 0 Å². The van der Waals surface area contributed by atoms with Crippen molar-refractivity contribution in [3.05, 3.63) is 0 Å². The summed E-state index contributed by atoms with van der Waals surface area (Å²) in [5.41, 5.74) is 0.705. The van der Waals surface area contributed by atoms with Crippen LogP contribution in [-0.2, 0) is 0 Å². The Morgan fingerprint density at radius 1 is 1.50 bits per heavy atom. The van der Waals surface area contributed by atoms with Crippen LogP contribution in [0.4, 0.5) is 0 Å². The number of piperidine rings is 1. The van der Waals surface area contributed by atoms with Gasteiger partial charge in [-0.15, -0.1) is 0 Å². The second-order valence-corrected chi connectivity index (χ2v) is 5.34. The van der Waals surface area contributed by atoms with Gasteiger partial charge in [-0.2, -0.15) is 0 Å². The van der Waals surface area contributed by atoms with Crippen LogP contribution in [0.3, 0.4) is 0 Å². The molecule has 0 aromatic heterocycles. The van der Waals surface area contributed by atoms with Gasteiger partial charge >= 0.3 is 0 Å². The normalized spacial score (nSPS) is 40.8. The summed E-state index contributed by atoms with van der Waals surface area (Å²) in [5.74, 6) is 1.89. The highest BCUT2D eigenvalue weighted by Crippen LogP contribution is 2.47. The Bertz CT molecular complexity index is 160. The van der Waals surface area contributed by atoms with Gasteiger partial charge in [0.05, 0.1) is 0 Å². The molecule has 1 N–H and O–H groups in total. The van der Waals surface area contributed by atoms with Gasteiger partial charge in [-0.25, -0.2) is 0 Å². The Morgan fingerprint density at radius 3 is 3.08 bits per heavy atom. The molecule has 1 aliphatic carbocycles. The first-order chi connectivity index (χ1) is 5.70. The molecule has 2 fully saturated rings. The van der Waals surface area contributed by atoms with E-state index in [1.807, 2.05) is 0 Å². The van der Waals surface area contributed by atoms with Gasteiger partial charge in [-0.05, 0) is 49.5 Å². The number of fused-ring (bicyclic) bond motifs is 2. The Morgan fingerprint density at radius 2 is 2.33 bits per heavy atom. The van der Waals surface area contributed by atoms with Gasteiger partial charge in [0.1, 0.15) is 0 Å². The SMILES string of the molecule is CC(C)CC12CCC(CNC1)C2. The molecule has 2 unspecified atom stereocenters. The van der Waals surface area contributed by atoms with Crippen molar-refractivity contribution in [3.63, 3.8) is 0 Å². The highest BCUT2D eigenvalue weighted by atomic mass is 14.9. The fourth-order valence-corrected chi connectivity index (χ4v) is 3.33. The Labute approximate surface area is 75.9 Å². The lowest BCUT2D eigenvalue weighted by Crippen LogP contribution is -2.39. The fourth-order valence-electron chi connectivity index (χ4n) is 3.33. The lowest BCUT2D eigenvalue weighted by Gasteiger charge is -2.35. The Kier molecular flexibility index (Phi) is 2.16. The van der Waals surface area contributed by atoms with E-state index < -0.39 is 0 Å². The minimum absolute atomic E-state index is 0.705. The van der Waals surface area contributed by atoms with Crippen molar-refractivity contribution in [2.24, 2.45) is 17.3 Å². The van der Waals surface area contributed by atoms with Gasteiger partial charge in [-0.3, -0.25) is 0 Å². The molecular weight excluding hydrogens is 146 g/mol. The van der Waals surface area contributed by atoms with E-state index in [1.165, 1.54) is 38.8 Å². The average Bonchev–Trinajstić information content (AvgIpc) is 2.25. The number of rotatable bonds is 2. The zero-order valence-corrected chi connectivity index (χ0v) is 8.40. The van der Waals surface area contributed by atoms with E-state index in [1.54, 1.807) is 0 Å². The van der Waals surface area contributed by atoms with Gasteiger partial charge in [0, 0.05) is 6.54 Å². The molecule has 1 heterocycles. The molecule has 0 aromatic rings. The summed E-state index contributed by atoms with van der Waals surface area (Å²) in [7, 11) is 0. The first-order valence-electron chi connectivity index (χ1n) is 5.41. The van der Waals surface area contributed by atoms with Crippen LogP contribution in [0.1, 0.15) is 39.5 Å². The Balaban J connectivity index is 2.00. The quantitative estimate of drug-likeness (QED) is 0.666. The maximum absolute atomic E-state index is 3.59. The van der Waals surface area contributed by atoms with E-state index in [0.29, 0.717) is 5.41 Å². The maximum atomic E-state index is 3.59.